The van der Waals surface area contributed by atoms with Gasteiger partial charge >= 0.3 is 0 Å². The predicted molar refractivity (Wildman–Crippen MR) is 84.6 cm³/mol. The zero-order valence-corrected chi connectivity index (χ0v) is 13.2. The van der Waals surface area contributed by atoms with Crippen molar-refractivity contribution in [3.63, 3.8) is 0 Å². The van der Waals surface area contributed by atoms with Gasteiger partial charge in [0.15, 0.2) is 3.79 Å². The fraction of sp³-hybridized carbons (Fsp3) is 0.800. The van der Waals surface area contributed by atoms with Crippen LogP contribution in [0, 0.1) is 0 Å². The maximum atomic E-state index is 10.7. The molecule has 0 aromatic heterocycles. The van der Waals surface area contributed by atoms with Gasteiger partial charge in [-0.1, -0.05) is 57.4 Å². The molecule has 0 N–H and O–H groups in total. The second-order valence-corrected chi connectivity index (χ2v) is 5.92. The van der Waals surface area contributed by atoms with Crippen LogP contribution in [0.5, 0.6) is 0 Å². The molecule has 0 aliphatic rings. The van der Waals surface area contributed by atoms with Crippen LogP contribution >= 0.6 is 22.6 Å². The van der Waals surface area contributed by atoms with E-state index in [-0.39, 0.29) is 0 Å². The van der Waals surface area contributed by atoms with Crippen molar-refractivity contribution in [3.8, 4) is 0 Å². The van der Waals surface area contributed by atoms with Crippen LogP contribution in [0.25, 0.3) is 0 Å². The van der Waals surface area contributed by atoms with E-state index in [1.165, 1.54) is 64.2 Å². The number of rotatable bonds is 13. The van der Waals surface area contributed by atoms with E-state index in [2.05, 4.69) is 6.58 Å². The molecule has 0 saturated heterocycles. The highest BCUT2D eigenvalue weighted by atomic mass is 127. The van der Waals surface area contributed by atoms with Crippen molar-refractivity contribution in [2.24, 2.45) is 0 Å². The Morgan fingerprint density at radius 2 is 1.24 bits per heavy atom. The van der Waals surface area contributed by atoms with Crippen LogP contribution in [0.3, 0.4) is 0 Å². The van der Waals surface area contributed by atoms with Gasteiger partial charge in [-0.2, -0.15) is 0 Å². The number of halogens is 1. The second kappa shape index (κ2) is 14.2. The minimum absolute atomic E-state index is 0.308. The van der Waals surface area contributed by atoms with Crippen molar-refractivity contribution in [2.45, 2.75) is 77.0 Å². The van der Waals surface area contributed by atoms with Crippen molar-refractivity contribution in [1.82, 2.24) is 0 Å². The maximum absolute atomic E-state index is 10.7. The van der Waals surface area contributed by atoms with Gasteiger partial charge in [0.05, 0.1) is 0 Å². The summed E-state index contributed by atoms with van der Waals surface area (Å²) in [6, 6.07) is 0. The molecule has 17 heavy (non-hydrogen) atoms. The molecule has 0 aliphatic heterocycles. The molecular weight excluding hydrogens is 323 g/mol. The summed E-state index contributed by atoms with van der Waals surface area (Å²) in [6.45, 7) is 3.73. The molecule has 0 aliphatic carbocycles. The van der Waals surface area contributed by atoms with Gasteiger partial charge in [-0.3, -0.25) is 4.79 Å². The van der Waals surface area contributed by atoms with E-state index >= 15 is 0 Å². The largest absolute Gasteiger partial charge is 0.288 e. The normalized spacial score (nSPS) is 10.4. The van der Waals surface area contributed by atoms with Crippen molar-refractivity contribution >= 4 is 26.4 Å². The third-order valence-electron chi connectivity index (χ3n) is 3.03. The van der Waals surface area contributed by atoms with Gasteiger partial charge in [0.2, 0.25) is 0 Å². The Bertz CT molecular complexity index is 189. The van der Waals surface area contributed by atoms with Crippen LogP contribution < -0.4 is 0 Å². The summed E-state index contributed by atoms with van der Waals surface area (Å²) in [5.41, 5.74) is 0. The Labute approximate surface area is 121 Å². The zero-order valence-electron chi connectivity index (χ0n) is 11.1. The van der Waals surface area contributed by atoms with E-state index < -0.39 is 0 Å². The Morgan fingerprint density at radius 3 is 1.65 bits per heavy atom. The highest BCUT2D eigenvalue weighted by Gasteiger charge is 1.95. The van der Waals surface area contributed by atoms with E-state index in [9.17, 15) is 4.79 Å². The average Bonchev–Trinajstić information content (AvgIpc) is 2.30. The molecule has 0 aromatic carbocycles. The predicted octanol–water partition coefficient (Wildman–Crippen LogP) is 5.82. The van der Waals surface area contributed by atoms with E-state index in [1.807, 2.05) is 28.7 Å². The molecule has 0 atom stereocenters. The van der Waals surface area contributed by atoms with Gasteiger partial charge in [-0.15, -0.1) is 6.58 Å². The van der Waals surface area contributed by atoms with Crippen molar-refractivity contribution in [3.05, 3.63) is 12.7 Å². The summed E-state index contributed by atoms with van der Waals surface area (Å²) in [7, 11) is 0. The number of allylic oxidation sites excluding steroid dienone is 1. The number of unbranched alkanes of at least 4 members (excludes halogenated alkanes) is 10. The highest BCUT2D eigenvalue weighted by Crippen LogP contribution is 2.12. The van der Waals surface area contributed by atoms with Crippen LogP contribution in [0.4, 0.5) is 0 Å². The van der Waals surface area contributed by atoms with Crippen molar-refractivity contribution in [1.29, 1.82) is 0 Å². The molecule has 0 fully saturated rings. The summed E-state index contributed by atoms with van der Waals surface area (Å²) in [4.78, 5) is 10.7. The van der Waals surface area contributed by atoms with E-state index in [0.29, 0.717) is 3.79 Å². The van der Waals surface area contributed by atoms with Crippen LogP contribution in [0.15, 0.2) is 12.7 Å². The molecule has 0 bridgehead atoms. The molecule has 100 valence electrons. The third-order valence-corrected chi connectivity index (χ3v) is 3.57. The summed E-state index contributed by atoms with van der Waals surface area (Å²) < 4.78 is 0.308. The van der Waals surface area contributed by atoms with Crippen molar-refractivity contribution in [2.75, 3.05) is 0 Å². The average molecular weight is 350 g/mol. The fourth-order valence-corrected chi connectivity index (χ4v) is 2.35. The fourth-order valence-electron chi connectivity index (χ4n) is 1.97. The second-order valence-electron chi connectivity index (χ2n) is 4.72. The lowest BCUT2D eigenvalue weighted by Crippen LogP contribution is -1.86. The SMILES string of the molecule is C=CCCCCCCCCCCCCC(=O)I. The van der Waals surface area contributed by atoms with Crippen LogP contribution in [0.2, 0.25) is 0 Å². The van der Waals surface area contributed by atoms with Gasteiger partial charge in [-0.05, 0) is 41.9 Å². The first-order chi connectivity index (χ1) is 8.27. The molecule has 0 unspecified atom stereocenters. The van der Waals surface area contributed by atoms with Gasteiger partial charge in [0.25, 0.3) is 0 Å². The molecule has 0 spiro atoms. The van der Waals surface area contributed by atoms with Crippen LogP contribution in [0.1, 0.15) is 77.0 Å². The molecular formula is C15H27IO. The highest BCUT2D eigenvalue weighted by molar-refractivity contribution is 14.1. The standard InChI is InChI=1S/C15H27IO/c1-2-3-4-5-6-7-8-9-10-11-12-13-14-15(16)17/h2H,1,3-14H2. The lowest BCUT2D eigenvalue weighted by molar-refractivity contribution is -0.109. The van der Waals surface area contributed by atoms with Crippen LogP contribution in [-0.4, -0.2) is 3.79 Å². The Hall–Kier alpha value is 0.140. The molecule has 2 heteroatoms. The molecule has 0 saturated carbocycles. The minimum Gasteiger partial charge on any atom is -0.288 e. The molecule has 1 nitrogen and oxygen atoms in total. The Morgan fingerprint density at radius 1 is 0.824 bits per heavy atom. The van der Waals surface area contributed by atoms with Gasteiger partial charge < -0.3 is 0 Å². The lowest BCUT2D eigenvalue weighted by atomic mass is 10.1. The monoisotopic (exact) mass is 350 g/mol. The summed E-state index contributed by atoms with van der Waals surface area (Å²) >= 11 is 1.89. The lowest BCUT2D eigenvalue weighted by Gasteiger charge is -2.01. The maximum Gasteiger partial charge on any atom is 0.192 e. The molecule has 0 rings (SSSR count). The summed E-state index contributed by atoms with van der Waals surface area (Å²) in [5.74, 6) is 0. The summed E-state index contributed by atoms with van der Waals surface area (Å²) in [6.07, 6.45) is 17.1. The number of hydrogen-bond acceptors (Lipinski definition) is 1. The van der Waals surface area contributed by atoms with Gasteiger partial charge in [0, 0.05) is 6.42 Å². The number of carbonyl (C=O) groups excluding carboxylic acids is 1. The minimum atomic E-state index is 0.308. The number of hydrogen-bond donors (Lipinski definition) is 0. The number of carbonyl (C=O) groups is 1. The first-order valence-corrected chi connectivity index (χ1v) is 8.14. The molecule has 0 amide bonds. The van der Waals surface area contributed by atoms with Gasteiger partial charge in [-0.25, -0.2) is 0 Å². The van der Waals surface area contributed by atoms with Gasteiger partial charge in [0.1, 0.15) is 0 Å². The third kappa shape index (κ3) is 16.1. The van der Waals surface area contributed by atoms with Crippen molar-refractivity contribution < 1.29 is 4.79 Å². The smallest absolute Gasteiger partial charge is 0.192 e. The topological polar surface area (TPSA) is 17.1 Å². The Balaban J connectivity index is 2.94. The Kier molecular flexibility index (Phi) is 14.3. The van der Waals surface area contributed by atoms with Crippen LogP contribution in [-0.2, 0) is 4.79 Å². The van der Waals surface area contributed by atoms with E-state index in [1.54, 1.807) is 0 Å². The quantitative estimate of drug-likeness (QED) is 0.177. The molecule has 0 heterocycles. The molecule has 0 aromatic rings. The van der Waals surface area contributed by atoms with E-state index in [4.69, 9.17) is 0 Å². The first-order valence-electron chi connectivity index (χ1n) is 7.06. The van der Waals surface area contributed by atoms with E-state index in [0.717, 1.165) is 12.8 Å². The zero-order chi connectivity index (χ0) is 12.8. The molecule has 0 radical (unpaired) electrons. The summed E-state index contributed by atoms with van der Waals surface area (Å²) in [5, 5.41) is 0. The first kappa shape index (κ1) is 17.1.